The number of aliphatic hydroxyl groups is 1. The van der Waals surface area contributed by atoms with Gasteiger partial charge in [-0.3, -0.25) is 0 Å². The Morgan fingerprint density at radius 3 is 2.94 bits per heavy atom. The molecule has 0 fully saturated rings. The molecule has 5 heteroatoms. The Balaban J connectivity index is 2.23. The van der Waals surface area contributed by atoms with Crippen molar-refractivity contribution in [3.05, 3.63) is 23.2 Å². The normalized spacial score (nSPS) is 10.4. The first kappa shape index (κ1) is 13.5. The zero-order valence-electron chi connectivity index (χ0n) is 9.08. The van der Waals surface area contributed by atoms with E-state index in [-0.39, 0.29) is 6.61 Å². The zero-order chi connectivity index (χ0) is 11.8. The summed E-state index contributed by atoms with van der Waals surface area (Å²) >= 11 is 7.68. The minimum absolute atomic E-state index is 0.266. The van der Waals surface area contributed by atoms with Crippen LogP contribution in [0.5, 0.6) is 0 Å². The molecule has 3 nitrogen and oxygen atoms in total. The highest BCUT2D eigenvalue weighted by atomic mass is 35.5. The summed E-state index contributed by atoms with van der Waals surface area (Å²) < 4.78 is 0. The van der Waals surface area contributed by atoms with Gasteiger partial charge in [0.25, 0.3) is 0 Å². The number of aliphatic hydroxyl groups excluding tert-OH is 1. The Morgan fingerprint density at radius 1 is 1.38 bits per heavy atom. The molecule has 0 radical (unpaired) electrons. The molecule has 1 rings (SSSR count). The van der Waals surface area contributed by atoms with Crippen LogP contribution in [0.25, 0.3) is 0 Å². The van der Waals surface area contributed by atoms with Crippen molar-refractivity contribution in [1.82, 2.24) is 0 Å². The van der Waals surface area contributed by atoms with Crippen molar-refractivity contribution in [3.63, 3.8) is 0 Å². The average molecular weight is 261 g/mol. The van der Waals surface area contributed by atoms with Gasteiger partial charge in [-0.15, -0.1) is 0 Å². The second-order valence-electron chi connectivity index (χ2n) is 3.35. The molecule has 0 aliphatic heterocycles. The van der Waals surface area contributed by atoms with Crippen molar-refractivity contribution in [2.45, 2.75) is 6.42 Å². The molecule has 0 aliphatic carbocycles. The van der Waals surface area contributed by atoms with Crippen molar-refractivity contribution in [3.8, 4) is 0 Å². The molecule has 0 unspecified atom stereocenters. The number of thioether (sulfide) groups is 1. The molecule has 0 spiro atoms. The molecule has 1 aromatic carbocycles. The Morgan fingerprint density at radius 2 is 2.19 bits per heavy atom. The van der Waals surface area contributed by atoms with Gasteiger partial charge in [0.15, 0.2) is 0 Å². The van der Waals surface area contributed by atoms with Crippen LogP contribution in [0.1, 0.15) is 6.42 Å². The number of nitrogens with one attached hydrogen (secondary N) is 1. The zero-order valence-corrected chi connectivity index (χ0v) is 10.7. The van der Waals surface area contributed by atoms with Crippen LogP contribution in [-0.4, -0.2) is 29.8 Å². The van der Waals surface area contributed by atoms with E-state index >= 15 is 0 Å². The van der Waals surface area contributed by atoms with Crippen molar-refractivity contribution in [2.75, 3.05) is 35.7 Å². The molecule has 4 N–H and O–H groups in total. The van der Waals surface area contributed by atoms with E-state index in [0.29, 0.717) is 10.7 Å². The van der Waals surface area contributed by atoms with Crippen LogP contribution in [0, 0.1) is 0 Å². The van der Waals surface area contributed by atoms with Gasteiger partial charge in [0, 0.05) is 23.9 Å². The number of nitrogens with two attached hydrogens (primary N) is 1. The number of benzene rings is 1. The Bertz CT molecular complexity index is 323. The summed E-state index contributed by atoms with van der Waals surface area (Å²) in [6.07, 6.45) is 0.851. The van der Waals surface area contributed by atoms with Gasteiger partial charge in [-0.2, -0.15) is 11.8 Å². The lowest BCUT2D eigenvalue weighted by molar-refractivity contribution is 0.296. The molecular weight excluding hydrogens is 244 g/mol. The van der Waals surface area contributed by atoms with Crippen LogP contribution in [-0.2, 0) is 0 Å². The second-order valence-corrected chi connectivity index (χ2v) is 5.01. The maximum Gasteiger partial charge on any atom is 0.0589 e. The highest BCUT2D eigenvalue weighted by Crippen LogP contribution is 2.22. The smallest absolute Gasteiger partial charge is 0.0589 e. The summed E-state index contributed by atoms with van der Waals surface area (Å²) in [6, 6.07) is 5.40. The Hall–Kier alpha value is -0.580. The molecule has 1 aromatic rings. The standard InChI is InChI=1S/C11H17ClN2OS/c12-9-2-3-10(13)11(8-9)14-4-7-16-6-1-5-15/h2-3,8,14-15H,1,4-7,13H2. The third-order valence-corrected chi connectivity index (χ3v) is 3.33. The third kappa shape index (κ3) is 4.96. The summed E-state index contributed by atoms with van der Waals surface area (Å²) in [4.78, 5) is 0. The summed E-state index contributed by atoms with van der Waals surface area (Å²) in [7, 11) is 0. The lowest BCUT2D eigenvalue weighted by Gasteiger charge is -2.09. The fraction of sp³-hybridized carbons (Fsp3) is 0.455. The number of hydrogen-bond donors (Lipinski definition) is 3. The van der Waals surface area contributed by atoms with Gasteiger partial charge < -0.3 is 16.2 Å². The minimum atomic E-state index is 0.266. The third-order valence-electron chi connectivity index (χ3n) is 2.02. The monoisotopic (exact) mass is 260 g/mol. The van der Waals surface area contributed by atoms with Crippen LogP contribution in [0.3, 0.4) is 0 Å². The predicted molar refractivity (Wildman–Crippen MR) is 73.4 cm³/mol. The first-order valence-electron chi connectivity index (χ1n) is 5.21. The van der Waals surface area contributed by atoms with Crippen molar-refractivity contribution in [2.24, 2.45) is 0 Å². The molecule has 0 saturated heterocycles. The van der Waals surface area contributed by atoms with E-state index in [9.17, 15) is 0 Å². The number of halogens is 1. The van der Waals surface area contributed by atoms with Crippen LogP contribution in [0.4, 0.5) is 11.4 Å². The number of nitrogen functional groups attached to an aromatic ring is 1. The number of anilines is 2. The predicted octanol–water partition coefficient (Wildman–Crippen LogP) is 2.45. The highest BCUT2D eigenvalue weighted by Gasteiger charge is 1.99. The fourth-order valence-electron chi connectivity index (χ4n) is 1.21. The first-order chi connectivity index (χ1) is 7.74. The molecule has 0 amide bonds. The summed E-state index contributed by atoms with van der Waals surface area (Å²) in [5.41, 5.74) is 7.39. The Kier molecular flexibility index (Phi) is 6.45. The lowest BCUT2D eigenvalue weighted by Crippen LogP contribution is -2.06. The van der Waals surface area contributed by atoms with E-state index in [1.807, 2.05) is 17.8 Å². The average Bonchev–Trinajstić information content (AvgIpc) is 2.28. The van der Waals surface area contributed by atoms with Crippen molar-refractivity contribution < 1.29 is 5.11 Å². The Labute approximate surface area is 105 Å². The van der Waals surface area contributed by atoms with E-state index in [0.717, 1.165) is 30.2 Å². The van der Waals surface area contributed by atoms with Crippen LogP contribution < -0.4 is 11.1 Å². The van der Waals surface area contributed by atoms with E-state index in [4.69, 9.17) is 22.4 Å². The van der Waals surface area contributed by atoms with Crippen LogP contribution >= 0.6 is 23.4 Å². The van der Waals surface area contributed by atoms with Gasteiger partial charge in [-0.25, -0.2) is 0 Å². The topological polar surface area (TPSA) is 58.3 Å². The van der Waals surface area contributed by atoms with Gasteiger partial charge >= 0.3 is 0 Å². The maximum absolute atomic E-state index is 8.61. The molecule has 16 heavy (non-hydrogen) atoms. The van der Waals surface area contributed by atoms with Gasteiger partial charge in [-0.05, 0) is 30.4 Å². The van der Waals surface area contributed by atoms with E-state index in [2.05, 4.69) is 5.32 Å². The first-order valence-corrected chi connectivity index (χ1v) is 6.75. The van der Waals surface area contributed by atoms with E-state index in [1.165, 1.54) is 0 Å². The second kappa shape index (κ2) is 7.65. The maximum atomic E-state index is 8.61. The molecule has 90 valence electrons. The van der Waals surface area contributed by atoms with Crippen LogP contribution in [0.15, 0.2) is 18.2 Å². The molecule has 0 saturated carbocycles. The largest absolute Gasteiger partial charge is 0.397 e. The highest BCUT2D eigenvalue weighted by molar-refractivity contribution is 7.99. The molecular formula is C11H17ClN2OS. The minimum Gasteiger partial charge on any atom is -0.397 e. The number of hydrogen-bond acceptors (Lipinski definition) is 4. The van der Waals surface area contributed by atoms with Gasteiger partial charge in [0.1, 0.15) is 0 Å². The quantitative estimate of drug-likeness (QED) is 0.521. The fourth-order valence-corrected chi connectivity index (χ4v) is 2.16. The summed E-state index contributed by atoms with van der Waals surface area (Å²) in [5, 5.41) is 12.5. The summed E-state index contributed by atoms with van der Waals surface area (Å²) in [5.74, 6) is 1.98. The molecule has 0 atom stereocenters. The van der Waals surface area contributed by atoms with Crippen molar-refractivity contribution >= 4 is 34.7 Å². The SMILES string of the molecule is Nc1ccc(Cl)cc1NCCSCCCO. The van der Waals surface area contributed by atoms with E-state index in [1.54, 1.807) is 12.1 Å². The van der Waals surface area contributed by atoms with Gasteiger partial charge in [-0.1, -0.05) is 11.6 Å². The van der Waals surface area contributed by atoms with Crippen molar-refractivity contribution in [1.29, 1.82) is 0 Å². The molecule has 0 aromatic heterocycles. The molecule has 0 heterocycles. The summed E-state index contributed by atoms with van der Waals surface area (Å²) in [6.45, 7) is 1.11. The lowest BCUT2D eigenvalue weighted by atomic mass is 10.3. The van der Waals surface area contributed by atoms with Gasteiger partial charge in [0.2, 0.25) is 0 Å². The molecule has 0 aliphatic rings. The molecule has 0 bridgehead atoms. The van der Waals surface area contributed by atoms with Gasteiger partial charge in [0.05, 0.1) is 11.4 Å². The van der Waals surface area contributed by atoms with E-state index < -0.39 is 0 Å². The van der Waals surface area contributed by atoms with Crippen LogP contribution in [0.2, 0.25) is 5.02 Å². The number of rotatable bonds is 7.